The van der Waals surface area contributed by atoms with Crippen LogP contribution in [0.5, 0.6) is 0 Å². The fourth-order valence-corrected chi connectivity index (χ4v) is 4.23. The molecule has 0 atom stereocenters. The number of rotatable bonds is 3. The monoisotopic (exact) mass is 370 g/mol. The number of hydrogen-bond acceptors (Lipinski definition) is 4. The first kappa shape index (κ1) is 17.1. The molecule has 0 bridgehead atoms. The molecule has 0 N–H and O–H groups in total. The Labute approximate surface area is 163 Å². The van der Waals surface area contributed by atoms with Crippen LogP contribution in [0.25, 0.3) is 21.7 Å². The lowest BCUT2D eigenvalue weighted by Gasteiger charge is -2.32. The largest absolute Gasteiger partial charge is 0.299 e. The van der Waals surface area contributed by atoms with Crippen molar-refractivity contribution in [1.82, 2.24) is 19.9 Å². The average Bonchev–Trinajstić information content (AvgIpc) is 2.75. The Morgan fingerprint density at radius 1 is 0.857 bits per heavy atom. The number of likely N-dealkylation sites (tertiary alicyclic amines) is 1. The summed E-state index contributed by atoms with van der Waals surface area (Å²) in [7, 11) is 0. The fraction of sp³-hybridized carbons (Fsp3) is 0.261. The molecule has 0 unspecified atom stereocenters. The van der Waals surface area contributed by atoms with Crippen LogP contribution < -0.4 is 5.56 Å². The predicted octanol–water partition coefficient (Wildman–Crippen LogP) is 3.78. The van der Waals surface area contributed by atoms with Gasteiger partial charge < -0.3 is 0 Å². The minimum Gasteiger partial charge on any atom is -0.299 e. The first-order valence-electron chi connectivity index (χ1n) is 9.83. The van der Waals surface area contributed by atoms with E-state index in [0.717, 1.165) is 32.5 Å². The van der Waals surface area contributed by atoms with Gasteiger partial charge in [-0.2, -0.15) is 0 Å². The van der Waals surface area contributed by atoms with E-state index in [2.05, 4.69) is 57.7 Å². The van der Waals surface area contributed by atoms with E-state index in [-0.39, 0.29) is 11.6 Å². The lowest BCUT2D eigenvalue weighted by molar-refractivity contribution is 0.169. The molecule has 2 heterocycles. The summed E-state index contributed by atoms with van der Waals surface area (Å²) in [6.07, 6.45) is 1.83. The van der Waals surface area contributed by atoms with Crippen LogP contribution in [-0.2, 0) is 6.54 Å². The Kier molecular flexibility index (Phi) is 4.37. The molecule has 1 aromatic heterocycles. The van der Waals surface area contributed by atoms with E-state index in [9.17, 15) is 4.79 Å². The van der Waals surface area contributed by atoms with Crippen molar-refractivity contribution in [3.8, 4) is 0 Å². The molecule has 140 valence electrons. The van der Waals surface area contributed by atoms with Gasteiger partial charge in [0.05, 0.1) is 11.4 Å². The second kappa shape index (κ2) is 7.17. The highest BCUT2D eigenvalue weighted by atomic mass is 16.1. The third-order valence-corrected chi connectivity index (χ3v) is 5.77. The molecule has 1 aliphatic heterocycles. The van der Waals surface area contributed by atoms with Crippen LogP contribution >= 0.6 is 0 Å². The van der Waals surface area contributed by atoms with E-state index in [1.165, 1.54) is 16.3 Å². The standard InChI is InChI=1S/C23H22N4O/c28-23-21-10-3-4-11-22(21)24-25-27(23)19-12-14-26(15-13-19)16-18-8-5-7-17-6-1-2-9-20(17)18/h1-11,19H,12-16H2. The van der Waals surface area contributed by atoms with Gasteiger partial charge >= 0.3 is 0 Å². The summed E-state index contributed by atoms with van der Waals surface area (Å²) < 4.78 is 1.59. The maximum Gasteiger partial charge on any atom is 0.277 e. The molecule has 1 aliphatic rings. The van der Waals surface area contributed by atoms with Crippen LogP contribution in [0.2, 0.25) is 0 Å². The summed E-state index contributed by atoms with van der Waals surface area (Å²) in [5.74, 6) is 0. The quantitative estimate of drug-likeness (QED) is 0.551. The molecule has 0 aliphatic carbocycles. The Morgan fingerprint density at radius 2 is 1.57 bits per heavy atom. The molecule has 3 aromatic carbocycles. The average molecular weight is 370 g/mol. The topological polar surface area (TPSA) is 51.0 Å². The van der Waals surface area contributed by atoms with Crippen molar-refractivity contribution < 1.29 is 0 Å². The van der Waals surface area contributed by atoms with E-state index in [1.807, 2.05) is 24.3 Å². The minimum absolute atomic E-state index is 0.0295. The summed E-state index contributed by atoms with van der Waals surface area (Å²) in [5, 5.41) is 11.7. The molecule has 1 saturated heterocycles. The lowest BCUT2D eigenvalue weighted by atomic mass is 10.0. The summed E-state index contributed by atoms with van der Waals surface area (Å²) >= 11 is 0. The summed E-state index contributed by atoms with van der Waals surface area (Å²) in [5.41, 5.74) is 1.99. The Bertz CT molecular complexity index is 1190. The van der Waals surface area contributed by atoms with Gasteiger partial charge in [-0.15, -0.1) is 5.10 Å². The van der Waals surface area contributed by atoms with Crippen LogP contribution in [-0.4, -0.2) is 33.0 Å². The second-order valence-corrected chi connectivity index (χ2v) is 7.50. The van der Waals surface area contributed by atoms with Gasteiger partial charge in [0.1, 0.15) is 5.52 Å². The Hall–Kier alpha value is -3.05. The zero-order valence-electron chi connectivity index (χ0n) is 15.7. The Balaban J connectivity index is 1.33. The molecule has 4 aromatic rings. The number of piperidine rings is 1. The normalized spacial score (nSPS) is 16.0. The highest BCUT2D eigenvalue weighted by molar-refractivity contribution is 5.85. The molecule has 5 heteroatoms. The third-order valence-electron chi connectivity index (χ3n) is 5.77. The van der Waals surface area contributed by atoms with Crippen LogP contribution in [0.4, 0.5) is 0 Å². The lowest BCUT2D eigenvalue weighted by Crippen LogP contribution is -2.38. The van der Waals surface area contributed by atoms with Gasteiger partial charge in [0.2, 0.25) is 0 Å². The summed E-state index contributed by atoms with van der Waals surface area (Å²) in [6.45, 7) is 2.84. The van der Waals surface area contributed by atoms with E-state index in [4.69, 9.17) is 0 Å². The third kappa shape index (κ3) is 3.08. The van der Waals surface area contributed by atoms with Gasteiger partial charge in [-0.25, -0.2) is 4.68 Å². The molecular weight excluding hydrogens is 348 g/mol. The van der Waals surface area contributed by atoms with Crippen molar-refractivity contribution in [1.29, 1.82) is 0 Å². The van der Waals surface area contributed by atoms with Crippen LogP contribution in [0.3, 0.4) is 0 Å². The molecule has 0 spiro atoms. The van der Waals surface area contributed by atoms with Gasteiger partial charge in [-0.05, 0) is 41.3 Å². The number of hydrogen-bond donors (Lipinski definition) is 0. The SMILES string of the molecule is O=c1c2ccccc2nnn1C1CCN(Cc2cccc3ccccc23)CC1. The number of fused-ring (bicyclic) bond motifs is 2. The Morgan fingerprint density at radius 3 is 2.43 bits per heavy atom. The van der Waals surface area contributed by atoms with Crippen molar-refractivity contribution in [2.75, 3.05) is 13.1 Å². The van der Waals surface area contributed by atoms with Gasteiger partial charge in [-0.1, -0.05) is 59.8 Å². The van der Waals surface area contributed by atoms with Crippen LogP contribution in [0.15, 0.2) is 71.5 Å². The van der Waals surface area contributed by atoms with Crippen molar-refractivity contribution >= 4 is 21.7 Å². The summed E-state index contributed by atoms with van der Waals surface area (Å²) in [4.78, 5) is 15.3. The first-order chi connectivity index (χ1) is 13.8. The summed E-state index contributed by atoms with van der Waals surface area (Å²) in [6, 6.07) is 22.6. The molecule has 0 saturated carbocycles. The van der Waals surface area contributed by atoms with E-state index >= 15 is 0 Å². The second-order valence-electron chi connectivity index (χ2n) is 7.50. The smallest absolute Gasteiger partial charge is 0.277 e. The van der Waals surface area contributed by atoms with E-state index < -0.39 is 0 Å². The van der Waals surface area contributed by atoms with E-state index in [0.29, 0.717) is 10.9 Å². The molecule has 0 radical (unpaired) electrons. The predicted molar refractivity (Wildman–Crippen MR) is 111 cm³/mol. The van der Waals surface area contributed by atoms with E-state index in [1.54, 1.807) is 4.68 Å². The van der Waals surface area contributed by atoms with Gasteiger partial charge in [-0.3, -0.25) is 9.69 Å². The van der Waals surface area contributed by atoms with Crippen molar-refractivity contribution in [3.05, 3.63) is 82.6 Å². The number of aromatic nitrogens is 3. The number of benzene rings is 3. The van der Waals surface area contributed by atoms with Gasteiger partial charge in [0.25, 0.3) is 5.56 Å². The highest BCUT2D eigenvalue weighted by Crippen LogP contribution is 2.25. The van der Waals surface area contributed by atoms with Crippen LogP contribution in [0.1, 0.15) is 24.4 Å². The molecule has 1 fully saturated rings. The maximum atomic E-state index is 12.8. The van der Waals surface area contributed by atoms with Crippen molar-refractivity contribution in [2.24, 2.45) is 0 Å². The minimum atomic E-state index is -0.0295. The molecule has 28 heavy (non-hydrogen) atoms. The number of nitrogens with zero attached hydrogens (tertiary/aromatic N) is 4. The molecule has 5 rings (SSSR count). The zero-order chi connectivity index (χ0) is 18.9. The fourth-order valence-electron chi connectivity index (χ4n) is 4.23. The van der Waals surface area contributed by atoms with Gasteiger partial charge in [0, 0.05) is 19.6 Å². The van der Waals surface area contributed by atoms with Crippen molar-refractivity contribution in [3.63, 3.8) is 0 Å². The zero-order valence-corrected chi connectivity index (χ0v) is 15.7. The molecule has 5 nitrogen and oxygen atoms in total. The molecule has 0 amide bonds. The maximum absolute atomic E-state index is 12.8. The molecular formula is C23H22N4O. The highest BCUT2D eigenvalue weighted by Gasteiger charge is 2.23. The van der Waals surface area contributed by atoms with Crippen LogP contribution in [0, 0.1) is 0 Å². The van der Waals surface area contributed by atoms with Crippen molar-refractivity contribution in [2.45, 2.75) is 25.4 Å². The first-order valence-corrected chi connectivity index (χ1v) is 9.83. The van der Waals surface area contributed by atoms with Gasteiger partial charge in [0.15, 0.2) is 0 Å².